The molecular formula is C19H26N4O. The predicted molar refractivity (Wildman–Crippen MR) is 98.1 cm³/mol. The van der Waals surface area contributed by atoms with Crippen LogP contribution in [0.15, 0.2) is 53.7 Å². The number of hydrogen-bond acceptors (Lipinski definition) is 3. The van der Waals surface area contributed by atoms with Gasteiger partial charge in [-0.05, 0) is 25.0 Å². The van der Waals surface area contributed by atoms with Crippen molar-refractivity contribution in [3.05, 3.63) is 59.8 Å². The highest BCUT2D eigenvalue weighted by molar-refractivity contribution is 5.79. The Kier molecular flexibility index (Phi) is 7.60. The Balaban J connectivity index is 1.98. The van der Waals surface area contributed by atoms with Gasteiger partial charge >= 0.3 is 0 Å². The van der Waals surface area contributed by atoms with E-state index in [0.29, 0.717) is 25.6 Å². The largest absolute Gasteiger partial charge is 0.477 e. The molecule has 5 nitrogen and oxygen atoms in total. The Labute approximate surface area is 144 Å². The summed E-state index contributed by atoms with van der Waals surface area (Å²) in [6.45, 7) is 6.88. The van der Waals surface area contributed by atoms with E-state index in [1.807, 2.05) is 30.3 Å². The van der Waals surface area contributed by atoms with Gasteiger partial charge in [0, 0.05) is 24.8 Å². The van der Waals surface area contributed by atoms with E-state index in [0.717, 1.165) is 24.5 Å². The smallest absolute Gasteiger partial charge is 0.218 e. The third-order valence-electron chi connectivity index (χ3n) is 3.35. The molecule has 0 saturated carbocycles. The van der Waals surface area contributed by atoms with Gasteiger partial charge in [0.1, 0.15) is 0 Å². The molecule has 1 aromatic carbocycles. The third-order valence-corrected chi connectivity index (χ3v) is 3.35. The van der Waals surface area contributed by atoms with E-state index in [-0.39, 0.29) is 0 Å². The van der Waals surface area contributed by atoms with E-state index >= 15 is 0 Å². The number of nitrogens with one attached hydrogen (secondary N) is 2. The van der Waals surface area contributed by atoms with Gasteiger partial charge in [0.15, 0.2) is 5.96 Å². The highest BCUT2D eigenvalue weighted by atomic mass is 16.5. The van der Waals surface area contributed by atoms with Crippen molar-refractivity contribution < 1.29 is 4.74 Å². The fourth-order valence-electron chi connectivity index (χ4n) is 2.16. The molecule has 0 aliphatic carbocycles. The van der Waals surface area contributed by atoms with Gasteiger partial charge in [0.05, 0.1) is 13.2 Å². The average Bonchev–Trinajstić information content (AvgIpc) is 2.64. The Morgan fingerprint density at radius 3 is 2.67 bits per heavy atom. The van der Waals surface area contributed by atoms with Crippen LogP contribution in [0.4, 0.5) is 0 Å². The monoisotopic (exact) mass is 326 g/mol. The number of guanidine groups is 1. The van der Waals surface area contributed by atoms with E-state index in [4.69, 9.17) is 4.74 Å². The summed E-state index contributed by atoms with van der Waals surface area (Å²) in [6.07, 6.45) is 2.72. The van der Waals surface area contributed by atoms with Crippen LogP contribution in [-0.4, -0.2) is 24.1 Å². The molecule has 0 saturated heterocycles. The van der Waals surface area contributed by atoms with Crippen molar-refractivity contribution in [2.45, 2.75) is 33.4 Å². The number of nitrogens with zero attached hydrogens (tertiary/aromatic N) is 2. The predicted octanol–water partition coefficient (Wildman–Crippen LogP) is 3.13. The normalized spacial score (nSPS) is 11.2. The quantitative estimate of drug-likeness (QED) is 0.578. The van der Waals surface area contributed by atoms with Gasteiger partial charge in [0.25, 0.3) is 0 Å². The lowest BCUT2D eigenvalue weighted by Gasteiger charge is -2.13. The van der Waals surface area contributed by atoms with Crippen LogP contribution in [0.5, 0.6) is 5.88 Å². The van der Waals surface area contributed by atoms with Crippen LogP contribution in [0.3, 0.4) is 0 Å². The first-order chi connectivity index (χ1) is 11.8. The highest BCUT2D eigenvalue weighted by Gasteiger charge is 2.05. The lowest BCUT2D eigenvalue weighted by molar-refractivity contribution is 0.301. The van der Waals surface area contributed by atoms with Gasteiger partial charge in [-0.25, -0.2) is 9.98 Å². The minimum Gasteiger partial charge on any atom is -0.477 e. The minimum absolute atomic E-state index is 0.619. The van der Waals surface area contributed by atoms with Gasteiger partial charge in [-0.1, -0.05) is 43.3 Å². The van der Waals surface area contributed by atoms with E-state index in [1.165, 1.54) is 5.56 Å². The summed E-state index contributed by atoms with van der Waals surface area (Å²) in [7, 11) is 0. The van der Waals surface area contributed by atoms with Crippen molar-refractivity contribution in [1.82, 2.24) is 15.6 Å². The number of pyridine rings is 1. The first-order valence-electron chi connectivity index (χ1n) is 8.46. The number of benzene rings is 1. The molecule has 0 aliphatic rings. The van der Waals surface area contributed by atoms with Crippen LogP contribution < -0.4 is 15.4 Å². The third kappa shape index (κ3) is 5.91. The standard InChI is InChI=1S/C19H26N4O/c1-3-13-24-18-17(11-8-12-21-18)15-23-19(20-4-2)22-14-16-9-6-5-7-10-16/h5-12H,3-4,13-15H2,1-2H3,(H2,20,22,23). The molecule has 0 unspecified atom stereocenters. The van der Waals surface area contributed by atoms with Gasteiger partial charge in [-0.2, -0.15) is 0 Å². The van der Waals surface area contributed by atoms with Crippen molar-refractivity contribution in [3.63, 3.8) is 0 Å². The molecule has 128 valence electrons. The van der Waals surface area contributed by atoms with Crippen LogP contribution in [-0.2, 0) is 13.1 Å². The number of aliphatic imine (C=N–C) groups is 1. The molecule has 0 fully saturated rings. The summed E-state index contributed by atoms with van der Waals surface area (Å²) in [6, 6.07) is 14.2. The van der Waals surface area contributed by atoms with Crippen LogP contribution >= 0.6 is 0 Å². The SMILES string of the molecule is CCCOc1ncccc1CNC(=NCc1ccccc1)NCC. The number of hydrogen-bond donors (Lipinski definition) is 2. The maximum atomic E-state index is 5.70. The molecule has 5 heteroatoms. The zero-order valence-corrected chi connectivity index (χ0v) is 14.5. The molecule has 0 radical (unpaired) electrons. The Hall–Kier alpha value is -2.56. The average molecular weight is 326 g/mol. The van der Waals surface area contributed by atoms with Crippen molar-refractivity contribution in [3.8, 4) is 5.88 Å². The molecule has 0 bridgehead atoms. The second kappa shape index (κ2) is 10.3. The lowest BCUT2D eigenvalue weighted by Crippen LogP contribution is -2.36. The number of aromatic nitrogens is 1. The lowest BCUT2D eigenvalue weighted by atomic mass is 10.2. The molecule has 1 aromatic heterocycles. The Morgan fingerprint density at radius 2 is 1.92 bits per heavy atom. The van der Waals surface area contributed by atoms with Crippen LogP contribution in [0, 0.1) is 0 Å². The van der Waals surface area contributed by atoms with Crippen LogP contribution in [0.25, 0.3) is 0 Å². The number of ether oxygens (including phenoxy) is 1. The van der Waals surface area contributed by atoms with Gasteiger partial charge < -0.3 is 15.4 Å². The molecule has 1 heterocycles. The van der Waals surface area contributed by atoms with Crippen LogP contribution in [0.1, 0.15) is 31.4 Å². The van der Waals surface area contributed by atoms with Crippen molar-refractivity contribution in [1.29, 1.82) is 0 Å². The maximum absolute atomic E-state index is 5.70. The van der Waals surface area contributed by atoms with Crippen molar-refractivity contribution in [2.75, 3.05) is 13.2 Å². The summed E-state index contributed by atoms with van der Waals surface area (Å²) in [5.41, 5.74) is 2.21. The first-order valence-corrected chi connectivity index (χ1v) is 8.46. The molecule has 2 N–H and O–H groups in total. The molecule has 0 amide bonds. The molecular weight excluding hydrogens is 300 g/mol. The molecule has 0 atom stereocenters. The Morgan fingerprint density at radius 1 is 1.08 bits per heavy atom. The summed E-state index contributed by atoms with van der Waals surface area (Å²) in [5, 5.41) is 6.61. The van der Waals surface area contributed by atoms with Gasteiger partial charge in [-0.3, -0.25) is 0 Å². The van der Waals surface area contributed by atoms with E-state index < -0.39 is 0 Å². The van der Waals surface area contributed by atoms with E-state index in [9.17, 15) is 0 Å². The zero-order chi connectivity index (χ0) is 17.0. The molecule has 0 aliphatic heterocycles. The van der Waals surface area contributed by atoms with E-state index in [1.54, 1.807) is 6.20 Å². The molecule has 0 spiro atoms. The van der Waals surface area contributed by atoms with E-state index in [2.05, 4.69) is 46.6 Å². The summed E-state index contributed by atoms with van der Waals surface area (Å²) in [5.74, 6) is 1.47. The van der Waals surface area contributed by atoms with Crippen molar-refractivity contribution >= 4 is 5.96 Å². The minimum atomic E-state index is 0.619. The highest BCUT2D eigenvalue weighted by Crippen LogP contribution is 2.14. The van der Waals surface area contributed by atoms with Gasteiger partial charge in [0.2, 0.25) is 5.88 Å². The molecule has 2 rings (SSSR count). The first kappa shape index (κ1) is 17.8. The summed E-state index contributed by atoms with van der Waals surface area (Å²) >= 11 is 0. The zero-order valence-electron chi connectivity index (χ0n) is 14.5. The molecule has 2 aromatic rings. The summed E-state index contributed by atoms with van der Waals surface area (Å²) < 4.78 is 5.70. The van der Waals surface area contributed by atoms with Crippen molar-refractivity contribution in [2.24, 2.45) is 4.99 Å². The topological polar surface area (TPSA) is 58.5 Å². The fraction of sp³-hybridized carbons (Fsp3) is 0.368. The maximum Gasteiger partial charge on any atom is 0.218 e. The molecule has 24 heavy (non-hydrogen) atoms. The summed E-state index contributed by atoms with van der Waals surface area (Å²) in [4.78, 5) is 8.94. The van der Waals surface area contributed by atoms with Crippen LogP contribution in [0.2, 0.25) is 0 Å². The van der Waals surface area contributed by atoms with Gasteiger partial charge in [-0.15, -0.1) is 0 Å². The second-order valence-electron chi connectivity index (χ2n) is 5.35. The Bertz CT molecular complexity index is 628. The number of rotatable bonds is 8. The fourth-order valence-corrected chi connectivity index (χ4v) is 2.16. The second-order valence-corrected chi connectivity index (χ2v) is 5.35.